The van der Waals surface area contributed by atoms with Crippen molar-refractivity contribution >= 4 is 17.1 Å². The van der Waals surface area contributed by atoms with E-state index in [-0.39, 0.29) is 11.9 Å². The van der Waals surface area contributed by atoms with E-state index in [1.54, 1.807) is 21.7 Å². The van der Waals surface area contributed by atoms with Crippen LogP contribution in [-0.4, -0.2) is 70.1 Å². The number of hydrogen-bond donors (Lipinski definition) is 0. The Morgan fingerprint density at radius 3 is 2.68 bits per heavy atom. The highest BCUT2D eigenvalue weighted by Crippen LogP contribution is 2.30. The fourth-order valence-corrected chi connectivity index (χ4v) is 4.07. The summed E-state index contributed by atoms with van der Waals surface area (Å²) in [4.78, 5) is 21.2. The molecule has 0 radical (unpaired) electrons. The smallest absolute Gasteiger partial charge is 0.391 e. The van der Waals surface area contributed by atoms with Crippen LogP contribution >= 0.6 is 0 Å². The van der Waals surface area contributed by atoms with Crippen LogP contribution < -0.4 is 4.74 Å². The number of carbonyl (C=O) groups excluding carboxylic acids is 1. The third kappa shape index (κ3) is 3.98. The van der Waals surface area contributed by atoms with Crippen molar-refractivity contribution in [3.05, 3.63) is 47.4 Å². The molecule has 31 heavy (non-hydrogen) atoms. The van der Waals surface area contributed by atoms with Crippen LogP contribution in [-0.2, 0) is 11.3 Å². The molecule has 0 saturated carbocycles. The average Bonchev–Trinajstić information content (AvgIpc) is 3.09. The summed E-state index contributed by atoms with van der Waals surface area (Å²) in [6, 6.07) is 8.04. The van der Waals surface area contributed by atoms with Gasteiger partial charge in [-0.05, 0) is 43.7 Å². The zero-order valence-electron chi connectivity index (χ0n) is 17.4. The van der Waals surface area contributed by atoms with Gasteiger partial charge >= 0.3 is 6.09 Å². The minimum absolute atomic E-state index is 0.310. The first kappa shape index (κ1) is 19.9. The van der Waals surface area contributed by atoms with Crippen LogP contribution in [0.15, 0.2) is 30.3 Å². The van der Waals surface area contributed by atoms with Crippen LogP contribution in [0, 0.1) is 12.7 Å². The van der Waals surface area contributed by atoms with Crippen LogP contribution in [0.3, 0.4) is 0 Å². The molecule has 4 heterocycles. The highest BCUT2D eigenvalue weighted by Gasteiger charge is 2.28. The maximum absolute atomic E-state index is 13.3. The lowest BCUT2D eigenvalue weighted by Gasteiger charge is -2.30. The molecule has 0 aliphatic carbocycles. The number of pyridine rings is 1. The van der Waals surface area contributed by atoms with Crippen molar-refractivity contribution in [2.75, 3.05) is 39.4 Å². The lowest BCUT2D eigenvalue weighted by Crippen LogP contribution is -2.41. The van der Waals surface area contributed by atoms with Gasteiger partial charge in [0.05, 0.1) is 31.1 Å². The molecule has 0 unspecified atom stereocenters. The Morgan fingerprint density at radius 1 is 1.13 bits per heavy atom. The van der Waals surface area contributed by atoms with E-state index in [0.717, 1.165) is 55.9 Å². The average molecular weight is 425 g/mol. The fraction of sp³-hybridized carbons (Fsp3) is 0.409. The van der Waals surface area contributed by atoms with Crippen molar-refractivity contribution in [3.8, 4) is 11.6 Å². The molecule has 3 aromatic rings. The molecule has 8 nitrogen and oxygen atoms in total. The minimum atomic E-state index is -0.383. The minimum Gasteiger partial charge on any atom is -0.391 e. The SMILES string of the molecule is Cc1nn(-c2ccc(F)cc2)c2nc3c(cc12)CN(CCCN1CCOCC1)C(=O)O3. The van der Waals surface area contributed by atoms with Crippen molar-refractivity contribution < 1.29 is 18.7 Å². The number of nitrogens with zero attached hydrogens (tertiary/aromatic N) is 5. The molecule has 1 amide bonds. The van der Waals surface area contributed by atoms with E-state index in [4.69, 9.17) is 9.47 Å². The van der Waals surface area contributed by atoms with Crippen LogP contribution in [0.5, 0.6) is 5.88 Å². The first-order valence-corrected chi connectivity index (χ1v) is 10.5. The number of halogens is 1. The van der Waals surface area contributed by atoms with Gasteiger partial charge in [-0.1, -0.05) is 0 Å². The molecule has 1 aromatic carbocycles. The summed E-state index contributed by atoms with van der Waals surface area (Å²) in [6.45, 7) is 7.34. The second kappa shape index (κ2) is 8.24. The van der Waals surface area contributed by atoms with E-state index < -0.39 is 0 Å². The molecular weight excluding hydrogens is 401 g/mol. The van der Waals surface area contributed by atoms with Gasteiger partial charge in [-0.15, -0.1) is 0 Å². The Kier molecular flexibility index (Phi) is 5.29. The second-order valence-electron chi connectivity index (χ2n) is 7.89. The number of amides is 1. The maximum Gasteiger partial charge on any atom is 0.416 e. The van der Waals surface area contributed by atoms with Crippen LogP contribution in [0.4, 0.5) is 9.18 Å². The number of aromatic nitrogens is 3. The zero-order chi connectivity index (χ0) is 21.4. The van der Waals surface area contributed by atoms with Gasteiger partial charge in [-0.2, -0.15) is 10.1 Å². The van der Waals surface area contributed by atoms with E-state index in [1.807, 2.05) is 13.0 Å². The summed E-state index contributed by atoms with van der Waals surface area (Å²) in [5, 5.41) is 5.45. The standard InChI is InChI=1S/C22H24FN5O3/c1-15-19-13-16-14-27(8-2-7-26-9-11-30-12-10-26)22(29)31-21(16)24-20(19)28(25-15)18-5-3-17(23)4-6-18/h3-6,13H,2,7-12,14H2,1H3. The molecule has 0 atom stereocenters. The first-order chi connectivity index (χ1) is 15.1. The monoisotopic (exact) mass is 425 g/mol. The molecule has 0 bridgehead atoms. The number of benzene rings is 1. The van der Waals surface area contributed by atoms with Gasteiger partial charge in [0.2, 0.25) is 5.88 Å². The van der Waals surface area contributed by atoms with Crippen molar-refractivity contribution in [1.29, 1.82) is 0 Å². The third-order valence-corrected chi connectivity index (χ3v) is 5.76. The summed E-state index contributed by atoms with van der Waals surface area (Å²) >= 11 is 0. The lowest BCUT2D eigenvalue weighted by atomic mass is 10.1. The highest BCUT2D eigenvalue weighted by molar-refractivity contribution is 5.83. The zero-order valence-corrected chi connectivity index (χ0v) is 17.4. The molecule has 5 rings (SSSR count). The predicted octanol–water partition coefficient (Wildman–Crippen LogP) is 2.90. The van der Waals surface area contributed by atoms with Gasteiger partial charge in [-0.3, -0.25) is 4.90 Å². The number of fused-ring (bicyclic) bond motifs is 2. The molecule has 162 valence electrons. The first-order valence-electron chi connectivity index (χ1n) is 10.5. The van der Waals surface area contributed by atoms with Crippen LogP contribution in [0.2, 0.25) is 0 Å². The van der Waals surface area contributed by atoms with Gasteiger partial charge in [-0.25, -0.2) is 13.9 Å². The highest BCUT2D eigenvalue weighted by atomic mass is 19.1. The quantitative estimate of drug-likeness (QED) is 0.626. The van der Waals surface area contributed by atoms with Crippen LogP contribution in [0.1, 0.15) is 17.7 Å². The second-order valence-corrected chi connectivity index (χ2v) is 7.89. The van der Waals surface area contributed by atoms with Crippen molar-refractivity contribution in [3.63, 3.8) is 0 Å². The molecule has 9 heteroatoms. The molecular formula is C22H24FN5O3. The van der Waals surface area contributed by atoms with Crippen molar-refractivity contribution in [1.82, 2.24) is 24.6 Å². The summed E-state index contributed by atoms with van der Waals surface area (Å²) in [7, 11) is 0. The fourth-order valence-electron chi connectivity index (χ4n) is 4.07. The topological polar surface area (TPSA) is 72.7 Å². The molecule has 2 aromatic heterocycles. The van der Waals surface area contributed by atoms with Crippen molar-refractivity contribution in [2.45, 2.75) is 19.9 Å². The summed E-state index contributed by atoms with van der Waals surface area (Å²) in [5.41, 5.74) is 2.95. The Bertz CT molecular complexity index is 1110. The van der Waals surface area contributed by atoms with Gasteiger partial charge in [0.25, 0.3) is 0 Å². The van der Waals surface area contributed by atoms with Gasteiger partial charge in [0.15, 0.2) is 5.65 Å². The number of hydrogen-bond acceptors (Lipinski definition) is 6. The molecule has 1 fully saturated rings. The van der Waals surface area contributed by atoms with Gasteiger partial charge in [0, 0.05) is 37.1 Å². The van der Waals surface area contributed by atoms with Crippen LogP contribution in [0.25, 0.3) is 16.7 Å². The summed E-state index contributed by atoms with van der Waals surface area (Å²) < 4.78 is 25.9. The summed E-state index contributed by atoms with van der Waals surface area (Å²) in [5.74, 6) is -0.00453. The number of rotatable bonds is 5. The lowest BCUT2D eigenvalue weighted by molar-refractivity contribution is 0.0359. The van der Waals surface area contributed by atoms with Gasteiger partial charge in [0.1, 0.15) is 5.82 Å². The summed E-state index contributed by atoms with van der Waals surface area (Å²) in [6.07, 6.45) is 0.493. The predicted molar refractivity (Wildman–Crippen MR) is 112 cm³/mol. The van der Waals surface area contributed by atoms with E-state index in [1.165, 1.54) is 12.1 Å². The Balaban J connectivity index is 1.35. The normalized spacial score (nSPS) is 17.1. The number of aryl methyl sites for hydroxylation is 1. The van der Waals surface area contributed by atoms with E-state index in [9.17, 15) is 9.18 Å². The van der Waals surface area contributed by atoms with E-state index >= 15 is 0 Å². The number of morpholine rings is 1. The van der Waals surface area contributed by atoms with E-state index in [2.05, 4.69) is 15.0 Å². The Morgan fingerprint density at radius 2 is 1.90 bits per heavy atom. The number of ether oxygens (including phenoxy) is 2. The maximum atomic E-state index is 13.3. The molecule has 2 aliphatic rings. The third-order valence-electron chi connectivity index (χ3n) is 5.76. The Hall–Kier alpha value is -3.04. The Labute approximate surface area is 179 Å². The molecule has 1 saturated heterocycles. The number of carbonyl (C=O) groups is 1. The van der Waals surface area contributed by atoms with E-state index in [0.29, 0.717) is 30.3 Å². The van der Waals surface area contributed by atoms with Crippen molar-refractivity contribution in [2.24, 2.45) is 0 Å². The molecule has 2 aliphatic heterocycles. The molecule has 0 N–H and O–H groups in total. The van der Waals surface area contributed by atoms with Gasteiger partial charge < -0.3 is 14.4 Å². The largest absolute Gasteiger partial charge is 0.416 e. The molecule has 0 spiro atoms.